The number of aromatic nitrogens is 1. The average molecular weight is 402 g/mol. The summed E-state index contributed by atoms with van der Waals surface area (Å²) >= 11 is 0. The molecule has 2 fully saturated rings. The van der Waals surface area contributed by atoms with E-state index in [0.717, 1.165) is 49.4 Å². The van der Waals surface area contributed by atoms with Crippen LogP contribution in [0.2, 0.25) is 0 Å². The lowest BCUT2D eigenvalue weighted by atomic mass is 9.94. The quantitative estimate of drug-likeness (QED) is 0.543. The monoisotopic (exact) mass is 401 g/mol. The fourth-order valence-corrected chi connectivity index (χ4v) is 4.74. The standard InChI is InChI=1S/C23H35N3O3/c1-6-9-26-16(2)12-21(19(26)5)22(27)15-24-10-7-20(8-11-24)23(28)25-13-17(3)29-18(4)14-25/h6,12,17-18,20H,1,7-11,13-15H2,2-5H3. The first-order valence-electron chi connectivity index (χ1n) is 10.8. The van der Waals surface area contributed by atoms with Gasteiger partial charge in [0.15, 0.2) is 5.78 Å². The Morgan fingerprint density at radius 3 is 2.38 bits per heavy atom. The molecule has 3 rings (SSSR count). The SMILES string of the molecule is C=CCn1c(C)cc(C(=O)CN2CCC(C(=O)N3CC(C)OC(C)C3)CC2)c1C. The van der Waals surface area contributed by atoms with Crippen molar-refractivity contribution in [1.82, 2.24) is 14.4 Å². The molecule has 3 heterocycles. The van der Waals surface area contributed by atoms with E-state index in [1.54, 1.807) is 0 Å². The number of hydrogen-bond donors (Lipinski definition) is 0. The minimum Gasteiger partial charge on any atom is -0.372 e. The molecule has 0 aromatic carbocycles. The fraction of sp³-hybridized carbons (Fsp3) is 0.652. The summed E-state index contributed by atoms with van der Waals surface area (Å²) in [6.07, 6.45) is 3.69. The predicted octanol–water partition coefficient (Wildman–Crippen LogP) is 2.82. The number of hydrogen-bond acceptors (Lipinski definition) is 4. The van der Waals surface area contributed by atoms with Crippen LogP contribution in [0.15, 0.2) is 18.7 Å². The molecule has 0 bridgehead atoms. The molecule has 2 aliphatic heterocycles. The van der Waals surface area contributed by atoms with Crippen LogP contribution in [0.1, 0.15) is 48.4 Å². The van der Waals surface area contributed by atoms with Crippen LogP contribution in [0.25, 0.3) is 0 Å². The number of aryl methyl sites for hydroxylation is 1. The maximum atomic E-state index is 12.9. The van der Waals surface area contributed by atoms with E-state index in [1.807, 2.05) is 44.7 Å². The van der Waals surface area contributed by atoms with Gasteiger partial charge in [0, 0.05) is 42.5 Å². The van der Waals surface area contributed by atoms with E-state index in [9.17, 15) is 9.59 Å². The maximum absolute atomic E-state index is 12.9. The van der Waals surface area contributed by atoms with Crippen molar-refractivity contribution < 1.29 is 14.3 Å². The van der Waals surface area contributed by atoms with Gasteiger partial charge >= 0.3 is 0 Å². The Labute approximate surface area is 174 Å². The molecular formula is C23H35N3O3. The van der Waals surface area contributed by atoms with Crippen LogP contribution < -0.4 is 0 Å². The van der Waals surface area contributed by atoms with Gasteiger partial charge in [0.25, 0.3) is 0 Å². The van der Waals surface area contributed by atoms with Gasteiger partial charge in [-0.3, -0.25) is 14.5 Å². The lowest BCUT2D eigenvalue weighted by Gasteiger charge is -2.39. The molecule has 2 saturated heterocycles. The average Bonchev–Trinajstić information content (AvgIpc) is 2.96. The molecule has 6 nitrogen and oxygen atoms in total. The van der Waals surface area contributed by atoms with Crippen molar-refractivity contribution in [2.75, 3.05) is 32.7 Å². The number of allylic oxidation sites excluding steroid dienone is 1. The second kappa shape index (κ2) is 9.26. The molecule has 29 heavy (non-hydrogen) atoms. The van der Waals surface area contributed by atoms with Crippen LogP contribution in [0.3, 0.4) is 0 Å². The molecule has 2 unspecified atom stereocenters. The van der Waals surface area contributed by atoms with Crippen molar-refractivity contribution in [3.05, 3.63) is 35.7 Å². The van der Waals surface area contributed by atoms with Crippen molar-refractivity contribution in [1.29, 1.82) is 0 Å². The number of rotatable bonds is 6. The van der Waals surface area contributed by atoms with Gasteiger partial charge in [-0.15, -0.1) is 6.58 Å². The van der Waals surface area contributed by atoms with Gasteiger partial charge in [-0.2, -0.15) is 0 Å². The highest BCUT2D eigenvalue weighted by molar-refractivity contribution is 5.99. The molecule has 0 aliphatic carbocycles. The van der Waals surface area contributed by atoms with Crippen LogP contribution in [-0.4, -0.2) is 71.0 Å². The third kappa shape index (κ3) is 4.98. The Hall–Kier alpha value is -1.92. The number of amides is 1. The van der Waals surface area contributed by atoms with E-state index in [-0.39, 0.29) is 29.8 Å². The smallest absolute Gasteiger partial charge is 0.225 e. The van der Waals surface area contributed by atoms with Crippen LogP contribution in [0.5, 0.6) is 0 Å². The maximum Gasteiger partial charge on any atom is 0.225 e. The molecule has 0 saturated carbocycles. The zero-order valence-electron chi connectivity index (χ0n) is 18.3. The molecule has 6 heteroatoms. The summed E-state index contributed by atoms with van der Waals surface area (Å²) in [7, 11) is 0. The van der Waals surface area contributed by atoms with E-state index in [0.29, 0.717) is 19.6 Å². The zero-order chi connectivity index (χ0) is 21.1. The number of nitrogens with zero attached hydrogens (tertiary/aromatic N) is 3. The van der Waals surface area contributed by atoms with E-state index < -0.39 is 0 Å². The topological polar surface area (TPSA) is 54.8 Å². The molecule has 0 N–H and O–H groups in total. The van der Waals surface area contributed by atoms with Crippen LogP contribution in [0.4, 0.5) is 0 Å². The summed E-state index contributed by atoms with van der Waals surface area (Å²) in [5.41, 5.74) is 2.90. The largest absolute Gasteiger partial charge is 0.372 e. The van der Waals surface area contributed by atoms with Gasteiger partial charge < -0.3 is 14.2 Å². The minimum absolute atomic E-state index is 0.0662. The van der Waals surface area contributed by atoms with Crippen LogP contribution in [0, 0.1) is 19.8 Å². The lowest BCUT2D eigenvalue weighted by Crippen LogP contribution is -2.51. The van der Waals surface area contributed by atoms with E-state index >= 15 is 0 Å². The van der Waals surface area contributed by atoms with Crippen molar-refractivity contribution in [2.45, 2.75) is 59.3 Å². The molecule has 0 spiro atoms. The zero-order valence-corrected chi connectivity index (χ0v) is 18.3. The summed E-state index contributed by atoms with van der Waals surface area (Å²) in [6, 6.07) is 1.98. The Morgan fingerprint density at radius 2 is 1.79 bits per heavy atom. The number of Topliss-reactive ketones (excluding diaryl/α,β-unsaturated/α-hetero) is 1. The lowest BCUT2D eigenvalue weighted by molar-refractivity contribution is -0.148. The second-order valence-corrected chi connectivity index (χ2v) is 8.66. The molecule has 2 aliphatic rings. The van der Waals surface area contributed by atoms with Crippen LogP contribution in [-0.2, 0) is 16.1 Å². The number of carbonyl (C=O) groups is 2. The summed E-state index contributed by atoms with van der Waals surface area (Å²) < 4.78 is 7.87. The summed E-state index contributed by atoms with van der Waals surface area (Å²) in [5.74, 6) is 0.483. The van der Waals surface area contributed by atoms with E-state index in [2.05, 4.69) is 16.0 Å². The van der Waals surface area contributed by atoms with Gasteiger partial charge in [-0.1, -0.05) is 6.08 Å². The van der Waals surface area contributed by atoms with Gasteiger partial charge in [-0.25, -0.2) is 0 Å². The first-order chi connectivity index (χ1) is 13.8. The van der Waals surface area contributed by atoms with Gasteiger partial charge in [0.2, 0.25) is 5.91 Å². The predicted molar refractivity (Wildman–Crippen MR) is 114 cm³/mol. The third-order valence-corrected chi connectivity index (χ3v) is 6.22. The van der Waals surface area contributed by atoms with Gasteiger partial charge in [-0.05, 0) is 59.7 Å². The number of piperidine rings is 1. The Bertz CT molecular complexity index is 752. The number of likely N-dealkylation sites (tertiary alicyclic amines) is 1. The molecule has 1 aromatic heterocycles. The Balaban J connectivity index is 1.53. The van der Waals surface area contributed by atoms with Crippen molar-refractivity contribution in [2.24, 2.45) is 5.92 Å². The minimum atomic E-state index is 0.0662. The van der Waals surface area contributed by atoms with Crippen molar-refractivity contribution in [3.63, 3.8) is 0 Å². The highest BCUT2D eigenvalue weighted by atomic mass is 16.5. The fourth-order valence-electron chi connectivity index (χ4n) is 4.74. The van der Waals surface area contributed by atoms with Crippen LogP contribution >= 0.6 is 0 Å². The first-order valence-corrected chi connectivity index (χ1v) is 10.8. The highest BCUT2D eigenvalue weighted by Crippen LogP contribution is 2.23. The summed E-state index contributed by atoms with van der Waals surface area (Å²) in [6.45, 7) is 16.0. The number of carbonyl (C=O) groups excluding carboxylic acids is 2. The summed E-state index contributed by atoms with van der Waals surface area (Å²) in [5, 5.41) is 0. The molecule has 1 amide bonds. The molecule has 1 aromatic rings. The Morgan fingerprint density at radius 1 is 1.17 bits per heavy atom. The van der Waals surface area contributed by atoms with E-state index in [4.69, 9.17) is 4.74 Å². The first kappa shape index (κ1) is 21.8. The molecule has 0 radical (unpaired) electrons. The van der Waals surface area contributed by atoms with Crippen molar-refractivity contribution in [3.8, 4) is 0 Å². The van der Waals surface area contributed by atoms with Crippen molar-refractivity contribution >= 4 is 11.7 Å². The number of ether oxygens (including phenoxy) is 1. The normalized spacial score (nSPS) is 23.9. The number of morpholine rings is 1. The molecule has 2 atom stereocenters. The van der Waals surface area contributed by atoms with Gasteiger partial charge in [0.05, 0.1) is 18.8 Å². The summed E-state index contributed by atoms with van der Waals surface area (Å²) in [4.78, 5) is 29.9. The third-order valence-electron chi connectivity index (χ3n) is 6.22. The molecule has 160 valence electrons. The number of ketones is 1. The highest BCUT2D eigenvalue weighted by Gasteiger charge is 2.33. The van der Waals surface area contributed by atoms with E-state index in [1.165, 1.54) is 0 Å². The van der Waals surface area contributed by atoms with Gasteiger partial charge in [0.1, 0.15) is 0 Å². The second-order valence-electron chi connectivity index (χ2n) is 8.66. The Kier molecular flexibility index (Phi) is 6.96. The molecular weight excluding hydrogens is 366 g/mol.